The minimum absolute atomic E-state index is 0.173. The Morgan fingerprint density at radius 3 is 1.14 bits per heavy atom. The molecule has 1 aliphatic carbocycles. The normalized spacial score (nSPS) is 34.9. The SMILES string of the molecule is CNS(=O)(=O)C1(F)C(F)(F)C(F)(F)C(F)(C(F)(F)C(F)(F)F)C(F)(F)C1(F)F. The van der Waals surface area contributed by atoms with E-state index in [9.17, 15) is 74.3 Å². The fraction of sp³-hybridized carbons (Fsp3) is 1.00. The van der Waals surface area contributed by atoms with Crippen LogP contribution in [-0.2, 0) is 10.0 Å². The predicted molar refractivity (Wildman–Crippen MR) is 56.4 cm³/mol. The molecule has 0 radical (unpaired) electrons. The largest absolute Gasteiger partial charge is 0.457 e. The minimum Gasteiger partial charge on any atom is -0.223 e. The highest BCUT2D eigenvalue weighted by molar-refractivity contribution is 7.90. The summed E-state index contributed by atoms with van der Waals surface area (Å²) in [6.07, 6.45) is -7.90. The second-order valence-corrected chi connectivity index (χ2v) is 7.31. The number of alkyl halides is 15. The molecule has 0 aromatic rings. The fourth-order valence-corrected chi connectivity index (χ4v) is 3.51. The highest BCUT2D eigenvalue weighted by Crippen LogP contribution is 2.74. The van der Waals surface area contributed by atoms with E-state index in [-0.39, 0.29) is 11.8 Å². The topological polar surface area (TPSA) is 46.2 Å². The van der Waals surface area contributed by atoms with Gasteiger partial charge in [0.25, 0.3) is 10.0 Å². The molecule has 1 N–H and O–H groups in total. The van der Waals surface area contributed by atoms with Gasteiger partial charge >= 0.3 is 46.5 Å². The van der Waals surface area contributed by atoms with Gasteiger partial charge in [-0.15, -0.1) is 0 Å². The first-order chi connectivity index (χ1) is 11.8. The molecular formula is C9H4F15NO2S. The monoisotopic (exact) mass is 475 g/mol. The van der Waals surface area contributed by atoms with Crippen LogP contribution in [0.3, 0.4) is 0 Å². The quantitative estimate of drug-likeness (QED) is 0.634. The van der Waals surface area contributed by atoms with Crippen LogP contribution in [-0.4, -0.2) is 61.9 Å². The van der Waals surface area contributed by atoms with Crippen LogP contribution in [0.25, 0.3) is 0 Å². The van der Waals surface area contributed by atoms with Crippen molar-refractivity contribution in [3.8, 4) is 0 Å². The van der Waals surface area contributed by atoms with Gasteiger partial charge < -0.3 is 0 Å². The van der Waals surface area contributed by atoms with Crippen LogP contribution in [0, 0.1) is 0 Å². The highest BCUT2D eigenvalue weighted by atomic mass is 32.2. The first kappa shape index (κ1) is 24.9. The van der Waals surface area contributed by atoms with E-state index in [1.54, 1.807) is 0 Å². The van der Waals surface area contributed by atoms with E-state index in [4.69, 9.17) is 0 Å². The van der Waals surface area contributed by atoms with E-state index in [1.165, 1.54) is 0 Å². The Morgan fingerprint density at radius 1 is 0.643 bits per heavy atom. The molecule has 3 nitrogen and oxygen atoms in total. The minimum atomic E-state index is -8.52. The van der Waals surface area contributed by atoms with Gasteiger partial charge in [0.05, 0.1) is 0 Å². The third-order valence-corrected chi connectivity index (χ3v) is 5.68. The smallest absolute Gasteiger partial charge is 0.223 e. The molecule has 1 aliphatic rings. The van der Waals surface area contributed by atoms with Gasteiger partial charge in [-0.05, 0) is 7.05 Å². The van der Waals surface area contributed by atoms with Crippen molar-refractivity contribution in [2.24, 2.45) is 0 Å². The second-order valence-electron chi connectivity index (χ2n) is 5.33. The first-order valence-corrected chi connectivity index (χ1v) is 7.56. The molecule has 28 heavy (non-hydrogen) atoms. The molecule has 0 bridgehead atoms. The van der Waals surface area contributed by atoms with Crippen molar-refractivity contribution in [1.29, 1.82) is 0 Å². The predicted octanol–water partition coefficient (Wildman–Crippen LogP) is 3.66. The average Bonchev–Trinajstić information content (AvgIpc) is 2.49. The van der Waals surface area contributed by atoms with Crippen molar-refractivity contribution in [1.82, 2.24) is 4.72 Å². The molecule has 0 heterocycles. The molecule has 0 aliphatic heterocycles. The Morgan fingerprint density at radius 2 is 0.929 bits per heavy atom. The molecule has 1 fully saturated rings. The van der Waals surface area contributed by atoms with Gasteiger partial charge in [-0.2, -0.15) is 57.1 Å². The molecule has 1 rings (SSSR count). The fourth-order valence-electron chi connectivity index (χ4n) is 2.30. The Labute approximate surface area is 143 Å². The molecule has 0 amide bonds. The summed E-state index contributed by atoms with van der Waals surface area (Å²) in [4.78, 5) is 0. The van der Waals surface area contributed by atoms with Crippen LogP contribution in [0.2, 0.25) is 0 Å². The van der Waals surface area contributed by atoms with E-state index in [1.807, 2.05) is 0 Å². The van der Waals surface area contributed by atoms with Gasteiger partial charge in [-0.3, -0.25) is 0 Å². The van der Waals surface area contributed by atoms with Crippen LogP contribution in [0.15, 0.2) is 0 Å². The third kappa shape index (κ3) is 2.06. The van der Waals surface area contributed by atoms with Crippen LogP contribution >= 0.6 is 0 Å². The highest BCUT2D eigenvalue weighted by Gasteiger charge is 3.08. The zero-order valence-corrected chi connectivity index (χ0v) is 13.2. The number of halogens is 15. The van der Waals surface area contributed by atoms with Gasteiger partial charge in [0, 0.05) is 0 Å². The zero-order chi connectivity index (χ0) is 23.2. The van der Waals surface area contributed by atoms with E-state index in [0.29, 0.717) is 0 Å². The lowest BCUT2D eigenvalue weighted by Gasteiger charge is -2.55. The van der Waals surface area contributed by atoms with Gasteiger partial charge in [0.15, 0.2) is 0 Å². The third-order valence-electron chi connectivity index (χ3n) is 3.89. The average molecular weight is 475 g/mol. The number of sulfonamides is 1. The summed E-state index contributed by atoms with van der Waals surface area (Å²) >= 11 is 0. The zero-order valence-electron chi connectivity index (χ0n) is 12.4. The lowest BCUT2D eigenvalue weighted by Crippen LogP contribution is -2.90. The summed E-state index contributed by atoms with van der Waals surface area (Å²) in [7, 11) is -7.64. The second kappa shape index (κ2) is 5.51. The van der Waals surface area contributed by atoms with Crippen LogP contribution in [0.5, 0.6) is 0 Å². The summed E-state index contributed by atoms with van der Waals surface area (Å²) in [5.41, 5.74) is -8.52. The van der Waals surface area contributed by atoms with Crippen molar-refractivity contribution in [2.45, 2.75) is 46.5 Å². The van der Waals surface area contributed by atoms with Crippen LogP contribution in [0.1, 0.15) is 0 Å². The molecule has 0 atom stereocenters. The molecule has 0 aromatic carbocycles. The Hall–Kier alpha value is -1.14. The standard InChI is InChI=1S/C9H4F15NO2S/c1-25-28(26,27)8(21)6(17,18)3(11,12)2(10,4(13,14)7(8,19)20)5(15,16)9(22,23)24/h25H,1H3. The summed E-state index contributed by atoms with van der Waals surface area (Å²) in [6.45, 7) is 0. The Balaban J connectivity index is 4.27. The lowest BCUT2D eigenvalue weighted by molar-refractivity contribution is -0.493. The molecule has 0 unspecified atom stereocenters. The van der Waals surface area contributed by atoms with Crippen molar-refractivity contribution >= 4 is 10.0 Å². The van der Waals surface area contributed by atoms with Crippen molar-refractivity contribution in [3.63, 3.8) is 0 Å². The van der Waals surface area contributed by atoms with Crippen molar-refractivity contribution in [2.75, 3.05) is 7.05 Å². The van der Waals surface area contributed by atoms with E-state index < -0.39 is 56.5 Å². The van der Waals surface area contributed by atoms with Gasteiger partial charge in [-0.25, -0.2) is 21.9 Å². The van der Waals surface area contributed by atoms with E-state index >= 15 is 0 Å². The Kier molecular flexibility index (Phi) is 4.90. The number of hydrogen-bond donors (Lipinski definition) is 1. The molecular weight excluding hydrogens is 471 g/mol. The lowest BCUT2D eigenvalue weighted by atomic mass is 9.69. The molecule has 0 aromatic heterocycles. The van der Waals surface area contributed by atoms with Crippen molar-refractivity contribution in [3.05, 3.63) is 0 Å². The summed E-state index contributed by atoms with van der Waals surface area (Å²) < 4.78 is 222. The van der Waals surface area contributed by atoms with Gasteiger partial charge in [0.1, 0.15) is 0 Å². The summed E-state index contributed by atoms with van der Waals surface area (Å²) in [6, 6.07) is 0. The maximum Gasteiger partial charge on any atom is 0.457 e. The van der Waals surface area contributed by atoms with Gasteiger partial charge in [-0.1, -0.05) is 0 Å². The number of hydrogen-bond acceptors (Lipinski definition) is 2. The molecule has 0 spiro atoms. The summed E-state index contributed by atoms with van der Waals surface area (Å²) in [5, 5.41) is -7.56. The molecule has 168 valence electrons. The van der Waals surface area contributed by atoms with Crippen LogP contribution < -0.4 is 4.72 Å². The maximum absolute atomic E-state index is 14.1. The molecule has 1 saturated carbocycles. The molecule has 0 saturated heterocycles. The van der Waals surface area contributed by atoms with Crippen LogP contribution in [0.4, 0.5) is 65.9 Å². The maximum atomic E-state index is 14.1. The molecule has 19 heteroatoms. The Bertz CT molecular complexity index is 726. The van der Waals surface area contributed by atoms with Gasteiger partial charge in [0.2, 0.25) is 0 Å². The summed E-state index contributed by atoms with van der Waals surface area (Å²) in [5.74, 6) is -41.2. The first-order valence-electron chi connectivity index (χ1n) is 6.08. The van der Waals surface area contributed by atoms with E-state index in [2.05, 4.69) is 0 Å². The number of rotatable bonds is 3. The number of nitrogens with one attached hydrogen (secondary N) is 1. The van der Waals surface area contributed by atoms with E-state index in [0.717, 1.165) is 0 Å². The van der Waals surface area contributed by atoms with Crippen molar-refractivity contribution < 1.29 is 74.3 Å².